The van der Waals surface area contributed by atoms with Crippen LogP contribution in [0.15, 0.2) is 29.9 Å². The molecule has 2 heteroatoms. The molecule has 0 radical (unpaired) electrons. The maximum atomic E-state index is 9.91. The van der Waals surface area contributed by atoms with E-state index < -0.39 is 0 Å². The Morgan fingerprint density at radius 2 is 2.22 bits per heavy atom. The highest BCUT2D eigenvalue weighted by Crippen LogP contribution is 2.04. The molecule has 0 heterocycles. The molecule has 0 unspecified atom stereocenters. The lowest BCUT2D eigenvalue weighted by atomic mass is 10.1. The first-order valence-electron chi connectivity index (χ1n) is 2.50. The van der Waals surface area contributed by atoms with E-state index >= 15 is 0 Å². The molecule has 1 aliphatic rings. The molecule has 0 spiro atoms. The van der Waals surface area contributed by atoms with Crippen LogP contribution in [-0.4, -0.2) is 5.94 Å². The number of hydrogen-bond donors (Lipinski definition) is 0. The predicted molar refractivity (Wildman–Crippen MR) is 39.4 cm³/mol. The summed E-state index contributed by atoms with van der Waals surface area (Å²) in [7, 11) is 0. The summed E-state index contributed by atoms with van der Waals surface area (Å²) in [6.07, 6.45) is 8.19. The molecule has 0 aromatic heterocycles. The highest BCUT2D eigenvalue weighted by Gasteiger charge is 1.90. The Bertz CT molecular complexity index is 185. The van der Waals surface area contributed by atoms with Crippen LogP contribution in [0, 0.1) is 0 Å². The molecule has 0 saturated heterocycles. The van der Waals surface area contributed by atoms with E-state index in [0.717, 1.165) is 12.0 Å². The molecule has 9 heavy (non-hydrogen) atoms. The fourth-order valence-corrected chi connectivity index (χ4v) is 0.589. The van der Waals surface area contributed by atoms with E-state index in [9.17, 15) is 4.79 Å². The minimum Gasteiger partial charge on any atom is -0.233 e. The van der Waals surface area contributed by atoms with Crippen LogP contribution in [0.5, 0.6) is 0 Å². The summed E-state index contributed by atoms with van der Waals surface area (Å²) in [5.41, 5.74) is 0.729. The van der Waals surface area contributed by atoms with Crippen molar-refractivity contribution >= 4 is 18.3 Å². The Morgan fingerprint density at radius 1 is 1.44 bits per heavy atom. The minimum absolute atomic E-state index is 0. The lowest BCUT2D eigenvalue weighted by molar-refractivity contribution is 0.567. The predicted octanol–water partition coefficient (Wildman–Crippen LogP) is 1.68. The van der Waals surface area contributed by atoms with Crippen molar-refractivity contribution in [2.24, 2.45) is 0 Å². The summed E-state index contributed by atoms with van der Waals surface area (Å²) in [6.45, 7) is 0. The van der Waals surface area contributed by atoms with Gasteiger partial charge in [0.05, 0.1) is 0 Å². The molecular weight excluding hydrogens is 136 g/mol. The van der Waals surface area contributed by atoms with Gasteiger partial charge in [-0.25, -0.2) is 4.79 Å². The second-order valence-electron chi connectivity index (χ2n) is 1.62. The van der Waals surface area contributed by atoms with Gasteiger partial charge in [0.25, 0.3) is 0 Å². The van der Waals surface area contributed by atoms with Crippen molar-refractivity contribution in [3.63, 3.8) is 0 Å². The van der Waals surface area contributed by atoms with Crippen molar-refractivity contribution < 1.29 is 4.79 Å². The van der Waals surface area contributed by atoms with E-state index in [0.29, 0.717) is 0 Å². The van der Waals surface area contributed by atoms with Crippen molar-refractivity contribution in [1.82, 2.24) is 0 Å². The highest BCUT2D eigenvalue weighted by molar-refractivity contribution is 5.85. The van der Waals surface area contributed by atoms with Crippen LogP contribution in [0.4, 0.5) is 0 Å². The van der Waals surface area contributed by atoms with Gasteiger partial charge in [-0.2, -0.15) is 0 Å². The summed E-state index contributed by atoms with van der Waals surface area (Å²) in [5, 5.41) is 0. The van der Waals surface area contributed by atoms with Crippen LogP contribution in [-0.2, 0) is 4.79 Å². The topological polar surface area (TPSA) is 17.1 Å². The highest BCUT2D eigenvalue weighted by atomic mass is 35.5. The number of rotatable bonds is 0. The molecule has 1 nitrogen and oxygen atoms in total. The quantitative estimate of drug-likeness (QED) is 0.471. The first-order chi connectivity index (χ1) is 3.93. The maximum Gasteiger partial charge on any atom is 0.128 e. The maximum absolute atomic E-state index is 9.91. The monoisotopic (exact) mass is 142 g/mol. The zero-order chi connectivity index (χ0) is 5.82. The molecule has 48 valence electrons. The van der Waals surface area contributed by atoms with Gasteiger partial charge in [0.2, 0.25) is 0 Å². The SMILES string of the molecule is Cl.O=C=C1C=CC=CC1. The average Bonchev–Trinajstić information content (AvgIpc) is 1.90. The number of halogens is 1. The molecule has 0 amide bonds. The van der Waals surface area contributed by atoms with Gasteiger partial charge in [-0.3, -0.25) is 0 Å². The molecule has 0 fully saturated rings. The largest absolute Gasteiger partial charge is 0.233 e. The van der Waals surface area contributed by atoms with Gasteiger partial charge in [-0.15, -0.1) is 12.4 Å². The summed E-state index contributed by atoms with van der Waals surface area (Å²) in [4.78, 5) is 9.91. The van der Waals surface area contributed by atoms with E-state index in [1.54, 1.807) is 6.08 Å². The zero-order valence-corrected chi connectivity index (χ0v) is 5.65. The molecular formula is C7H7ClO. The van der Waals surface area contributed by atoms with Crippen molar-refractivity contribution in [2.75, 3.05) is 0 Å². The Morgan fingerprint density at radius 3 is 2.56 bits per heavy atom. The van der Waals surface area contributed by atoms with Crippen LogP contribution in [0.3, 0.4) is 0 Å². The molecule has 0 saturated carbocycles. The third-order valence-corrected chi connectivity index (χ3v) is 1.01. The Labute approximate surface area is 60.2 Å². The summed E-state index contributed by atoms with van der Waals surface area (Å²) < 4.78 is 0. The molecule has 0 aliphatic heterocycles. The molecule has 1 aliphatic carbocycles. The Hall–Kier alpha value is -0.780. The van der Waals surface area contributed by atoms with Crippen molar-refractivity contribution in [3.8, 4) is 0 Å². The Kier molecular flexibility index (Phi) is 3.78. The van der Waals surface area contributed by atoms with Gasteiger partial charge in [-0.1, -0.05) is 18.2 Å². The van der Waals surface area contributed by atoms with Gasteiger partial charge in [-0.05, 0) is 6.08 Å². The summed E-state index contributed by atoms with van der Waals surface area (Å²) in [6, 6.07) is 0. The van der Waals surface area contributed by atoms with Crippen LogP contribution < -0.4 is 0 Å². The van der Waals surface area contributed by atoms with E-state index in [1.807, 2.05) is 24.2 Å². The fourth-order valence-electron chi connectivity index (χ4n) is 0.589. The molecule has 1 rings (SSSR count). The van der Waals surface area contributed by atoms with Crippen molar-refractivity contribution in [2.45, 2.75) is 6.42 Å². The third kappa shape index (κ3) is 2.31. The van der Waals surface area contributed by atoms with Crippen LogP contribution >= 0.6 is 12.4 Å². The lowest BCUT2D eigenvalue weighted by Gasteiger charge is -1.92. The van der Waals surface area contributed by atoms with Gasteiger partial charge < -0.3 is 0 Å². The molecule has 0 aromatic rings. The van der Waals surface area contributed by atoms with E-state index in [4.69, 9.17) is 0 Å². The smallest absolute Gasteiger partial charge is 0.128 e. The first kappa shape index (κ1) is 8.22. The van der Waals surface area contributed by atoms with E-state index in [2.05, 4.69) is 0 Å². The van der Waals surface area contributed by atoms with Crippen molar-refractivity contribution in [1.29, 1.82) is 0 Å². The van der Waals surface area contributed by atoms with Crippen molar-refractivity contribution in [3.05, 3.63) is 29.9 Å². The summed E-state index contributed by atoms with van der Waals surface area (Å²) >= 11 is 0. The normalized spacial score (nSPS) is 14.4. The van der Waals surface area contributed by atoms with Crippen LogP contribution in [0.2, 0.25) is 0 Å². The van der Waals surface area contributed by atoms with Crippen LogP contribution in [0.25, 0.3) is 0 Å². The minimum atomic E-state index is 0. The van der Waals surface area contributed by atoms with Gasteiger partial charge in [0, 0.05) is 12.0 Å². The average molecular weight is 143 g/mol. The molecule has 0 atom stereocenters. The molecule has 0 N–H and O–H groups in total. The van der Waals surface area contributed by atoms with E-state index in [1.165, 1.54) is 0 Å². The first-order valence-corrected chi connectivity index (χ1v) is 2.50. The van der Waals surface area contributed by atoms with E-state index in [-0.39, 0.29) is 12.4 Å². The zero-order valence-electron chi connectivity index (χ0n) is 4.83. The van der Waals surface area contributed by atoms with Gasteiger partial charge >= 0.3 is 0 Å². The lowest BCUT2D eigenvalue weighted by Crippen LogP contribution is -1.78. The second kappa shape index (κ2) is 4.13. The standard InChI is InChI=1S/C7H6O.ClH/c8-6-7-4-2-1-3-5-7;/h1-4H,5H2;1H. The van der Waals surface area contributed by atoms with Gasteiger partial charge in [0.1, 0.15) is 5.94 Å². The second-order valence-corrected chi connectivity index (χ2v) is 1.62. The van der Waals surface area contributed by atoms with Crippen LogP contribution in [0.1, 0.15) is 6.42 Å². The number of allylic oxidation sites excluding steroid dienone is 5. The fraction of sp³-hybridized carbons (Fsp3) is 0.143. The Balaban J connectivity index is 0.000000640. The van der Waals surface area contributed by atoms with Gasteiger partial charge in [0.15, 0.2) is 0 Å². The number of hydrogen-bond acceptors (Lipinski definition) is 1. The molecule has 0 bridgehead atoms. The molecule has 0 aromatic carbocycles. The third-order valence-electron chi connectivity index (χ3n) is 1.01. The summed E-state index contributed by atoms with van der Waals surface area (Å²) in [5.74, 6) is 1.83. The number of carbonyl (C=O) groups excluding carboxylic acids is 1.